The lowest BCUT2D eigenvalue weighted by atomic mass is 9.95. The number of aryl methyl sites for hydroxylation is 1. The van der Waals surface area contributed by atoms with Crippen LogP contribution in [-0.2, 0) is 10.0 Å². The number of fused-ring (bicyclic) bond motifs is 1. The number of hydrogen-bond acceptors (Lipinski definition) is 4. The maximum absolute atomic E-state index is 12.8. The van der Waals surface area contributed by atoms with Crippen molar-refractivity contribution < 1.29 is 8.42 Å². The summed E-state index contributed by atoms with van der Waals surface area (Å²) in [5.74, 6) is 0.423. The second-order valence-electron chi connectivity index (χ2n) is 5.85. The second kappa shape index (κ2) is 5.41. The summed E-state index contributed by atoms with van der Waals surface area (Å²) in [7, 11) is -3.46. The van der Waals surface area contributed by atoms with Crippen molar-refractivity contribution >= 4 is 10.0 Å². The van der Waals surface area contributed by atoms with Crippen molar-refractivity contribution in [1.29, 1.82) is 5.26 Å². The Labute approximate surface area is 125 Å². The highest BCUT2D eigenvalue weighted by Gasteiger charge is 2.38. The average Bonchev–Trinajstić information content (AvgIpc) is 2.94. The Morgan fingerprint density at radius 1 is 1.38 bits per heavy atom. The molecule has 2 atom stereocenters. The van der Waals surface area contributed by atoms with Crippen LogP contribution in [0.1, 0.15) is 24.0 Å². The van der Waals surface area contributed by atoms with E-state index in [2.05, 4.69) is 5.32 Å². The first-order valence-corrected chi connectivity index (χ1v) is 8.70. The van der Waals surface area contributed by atoms with Crippen molar-refractivity contribution in [1.82, 2.24) is 9.62 Å². The zero-order chi connectivity index (χ0) is 15.0. The van der Waals surface area contributed by atoms with E-state index >= 15 is 0 Å². The Balaban J connectivity index is 1.88. The predicted octanol–water partition coefficient (Wildman–Crippen LogP) is 1.24. The minimum atomic E-state index is -3.46. The molecule has 2 aliphatic rings. The monoisotopic (exact) mass is 305 g/mol. The predicted molar refractivity (Wildman–Crippen MR) is 79.2 cm³/mol. The van der Waals surface area contributed by atoms with Crippen LogP contribution < -0.4 is 5.32 Å². The normalized spacial score (nSPS) is 26.3. The molecule has 2 fully saturated rings. The molecule has 1 aromatic rings. The maximum atomic E-state index is 12.8. The Bertz CT molecular complexity index is 693. The summed E-state index contributed by atoms with van der Waals surface area (Å²) in [6.07, 6.45) is 1.92. The van der Waals surface area contributed by atoms with Gasteiger partial charge in [0, 0.05) is 19.1 Å². The molecule has 1 N–H and O–H groups in total. The topological polar surface area (TPSA) is 73.2 Å². The lowest BCUT2D eigenvalue weighted by Gasteiger charge is -2.34. The van der Waals surface area contributed by atoms with Gasteiger partial charge in [-0.25, -0.2) is 8.42 Å². The van der Waals surface area contributed by atoms with Crippen molar-refractivity contribution in [2.75, 3.05) is 19.6 Å². The van der Waals surface area contributed by atoms with Crippen LogP contribution in [0, 0.1) is 24.2 Å². The lowest BCUT2D eigenvalue weighted by molar-refractivity contribution is 0.247. The number of benzene rings is 1. The molecule has 2 saturated heterocycles. The van der Waals surface area contributed by atoms with Gasteiger partial charge in [-0.2, -0.15) is 9.57 Å². The molecule has 0 bridgehead atoms. The third-order valence-corrected chi connectivity index (χ3v) is 6.57. The molecule has 0 spiro atoms. The fourth-order valence-corrected chi connectivity index (χ4v) is 5.10. The van der Waals surface area contributed by atoms with Crippen LogP contribution in [0.3, 0.4) is 0 Å². The van der Waals surface area contributed by atoms with Crippen molar-refractivity contribution in [3.63, 3.8) is 0 Å². The molecule has 0 radical (unpaired) electrons. The fraction of sp³-hybridized carbons (Fsp3) is 0.533. The van der Waals surface area contributed by atoms with Gasteiger partial charge in [0.15, 0.2) is 0 Å². The van der Waals surface area contributed by atoms with Crippen LogP contribution in [0.25, 0.3) is 0 Å². The van der Waals surface area contributed by atoms with Crippen LogP contribution in [0.5, 0.6) is 0 Å². The average molecular weight is 305 g/mol. The molecule has 21 heavy (non-hydrogen) atoms. The molecular weight excluding hydrogens is 286 g/mol. The van der Waals surface area contributed by atoms with E-state index in [-0.39, 0.29) is 0 Å². The van der Waals surface area contributed by atoms with Crippen LogP contribution >= 0.6 is 0 Å². The third kappa shape index (κ3) is 2.57. The van der Waals surface area contributed by atoms with E-state index < -0.39 is 10.0 Å². The van der Waals surface area contributed by atoms with Gasteiger partial charge in [-0.1, -0.05) is 0 Å². The summed E-state index contributed by atoms with van der Waals surface area (Å²) in [6.45, 7) is 3.89. The minimum absolute atomic E-state index is 0.325. The van der Waals surface area contributed by atoms with Gasteiger partial charge in [-0.3, -0.25) is 0 Å². The molecule has 2 unspecified atom stereocenters. The summed E-state index contributed by atoms with van der Waals surface area (Å²) >= 11 is 0. The lowest BCUT2D eigenvalue weighted by Crippen LogP contribution is -2.46. The fourth-order valence-electron chi connectivity index (χ4n) is 3.38. The minimum Gasteiger partial charge on any atom is -0.314 e. The van der Waals surface area contributed by atoms with Crippen LogP contribution in [0.4, 0.5) is 0 Å². The van der Waals surface area contributed by atoms with Crippen molar-refractivity contribution in [2.45, 2.75) is 30.7 Å². The van der Waals surface area contributed by atoms with Gasteiger partial charge < -0.3 is 5.32 Å². The molecule has 0 saturated carbocycles. The van der Waals surface area contributed by atoms with Crippen molar-refractivity contribution in [3.8, 4) is 6.07 Å². The quantitative estimate of drug-likeness (QED) is 0.892. The van der Waals surface area contributed by atoms with E-state index in [1.165, 1.54) is 0 Å². The summed E-state index contributed by atoms with van der Waals surface area (Å²) in [4.78, 5) is 0.325. The van der Waals surface area contributed by atoms with Crippen molar-refractivity contribution in [3.05, 3.63) is 29.3 Å². The largest absolute Gasteiger partial charge is 0.314 e. The third-order valence-electron chi connectivity index (χ3n) is 4.54. The molecule has 6 heteroatoms. The smallest absolute Gasteiger partial charge is 0.243 e. The Kier molecular flexibility index (Phi) is 3.74. The first-order chi connectivity index (χ1) is 10.0. The zero-order valence-corrected chi connectivity index (χ0v) is 12.9. The zero-order valence-electron chi connectivity index (χ0n) is 12.0. The summed E-state index contributed by atoms with van der Waals surface area (Å²) < 4.78 is 27.2. The van der Waals surface area contributed by atoms with Gasteiger partial charge in [0.05, 0.1) is 16.5 Å². The highest BCUT2D eigenvalue weighted by molar-refractivity contribution is 7.89. The van der Waals surface area contributed by atoms with Crippen LogP contribution in [0.15, 0.2) is 23.1 Å². The number of nitriles is 1. The number of nitrogens with zero attached hydrogens (tertiary/aromatic N) is 2. The first kappa shape index (κ1) is 14.5. The standard InChI is InChI=1S/C15H19N3O2S/c1-11-8-12(9-16)2-3-15(11)21(19,20)18-7-5-14-13(10-18)4-6-17-14/h2-3,8,13-14,17H,4-7,10H2,1H3. The summed E-state index contributed by atoms with van der Waals surface area (Å²) in [5, 5.41) is 12.3. The van der Waals surface area contributed by atoms with Crippen LogP contribution in [-0.4, -0.2) is 38.4 Å². The molecular formula is C15H19N3O2S. The number of hydrogen-bond donors (Lipinski definition) is 1. The molecule has 2 aliphatic heterocycles. The van der Waals surface area contributed by atoms with Gasteiger partial charge in [-0.15, -0.1) is 0 Å². The summed E-state index contributed by atoms with van der Waals surface area (Å²) in [6, 6.07) is 7.28. The maximum Gasteiger partial charge on any atom is 0.243 e. The van der Waals surface area contributed by atoms with Gasteiger partial charge >= 0.3 is 0 Å². The van der Waals surface area contributed by atoms with Gasteiger partial charge in [0.1, 0.15) is 0 Å². The number of sulfonamides is 1. The number of nitrogens with one attached hydrogen (secondary N) is 1. The molecule has 5 nitrogen and oxygen atoms in total. The Morgan fingerprint density at radius 3 is 2.90 bits per heavy atom. The molecule has 2 heterocycles. The molecule has 1 aromatic carbocycles. The van der Waals surface area contributed by atoms with E-state index in [0.717, 1.165) is 19.4 Å². The highest BCUT2D eigenvalue weighted by atomic mass is 32.2. The molecule has 0 amide bonds. The number of rotatable bonds is 2. The Hall–Kier alpha value is -1.42. The first-order valence-electron chi connectivity index (χ1n) is 7.26. The van der Waals surface area contributed by atoms with E-state index in [4.69, 9.17) is 5.26 Å². The second-order valence-corrected chi connectivity index (χ2v) is 7.76. The van der Waals surface area contributed by atoms with Gasteiger partial charge in [-0.05, 0) is 56.0 Å². The van der Waals surface area contributed by atoms with Crippen molar-refractivity contribution in [2.24, 2.45) is 5.92 Å². The van der Waals surface area contributed by atoms with E-state index in [9.17, 15) is 8.42 Å². The Morgan fingerprint density at radius 2 is 2.19 bits per heavy atom. The SMILES string of the molecule is Cc1cc(C#N)ccc1S(=O)(=O)N1CCC2NCCC2C1. The van der Waals surface area contributed by atoms with Gasteiger partial charge in [0.2, 0.25) is 10.0 Å². The highest BCUT2D eigenvalue weighted by Crippen LogP contribution is 2.29. The van der Waals surface area contributed by atoms with Gasteiger partial charge in [0.25, 0.3) is 0 Å². The summed E-state index contributed by atoms with van der Waals surface area (Å²) in [5.41, 5.74) is 1.13. The molecule has 112 valence electrons. The number of piperidine rings is 1. The van der Waals surface area contributed by atoms with E-state index in [1.54, 1.807) is 29.4 Å². The molecule has 0 aliphatic carbocycles. The van der Waals surface area contributed by atoms with E-state index in [0.29, 0.717) is 41.1 Å². The van der Waals surface area contributed by atoms with Crippen LogP contribution in [0.2, 0.25) is 0 Å². The molecule has 3 rings (SSSR count). The van der Waals surface area contributed by atoms with E-state index in [1.807, 2.05) is 6.07 Å². The molecule has 0 aromatic heterocycles.